The van der Waals surface area contributed by atoms with Crippen molar-refractivity contribution < 1.29 is 19.1 Å². The monoisotopic (exact) mass is 444 g/mol. The van der Waals surface area contributed by atoms with Gasteiger partial charge < -0.3 is 10.1 Å². The number of benzene rings is 3. The van der Waals surface area contributed by atoms with E-state index in [2.05, 4.69) is 11.4 Å². The first kappa shape index (κ1) is 22.8. The lowest BCUT2D eigenvalue weighted by molar-refractivity contribution is -0.119. The minimum atomic E-state index is -0.608. The molecule has 32 heavy (non-hydrogen) atoms. The van der Waals surface area contributed by atoms with Gasteiger partial charge in [0.2, 0.25) is 0 Å². The second-order valence-corrected chi connectivity index (χ2v) is 7.84. The highest BCUT2D eigenvalue weighted by atomic mass is 32.2. The van der Waals surface area contributed by atoms with E-state index in [0.717, 1.165) is 10.5 Å². The van der Waals surface area contributed by atoms with Crippen LogP contribution >= 0.6 is 11.8 Å². The van der Waals surface area contributed by atoms with Crippen molar-refractivity contribution in [3.8, 4) is 6.07 Å². The van der Waals surface area contributed by atoms with Gasteiger partial charge in [-0.3, -0.25) is 9.59 Å². The smallest absolute Gasteiger partial charge is 0.339 e. The van der Waals surface area contributed by atoms with Crippen LogP contribution in [0.5, 0.6) is 0 Å². The third-order valence-corrected chi connectivity index (χ3v) is 5.64. The summed E-state index contributed by atoms with van der Waals surface area (Å²) in [5.41, 5.74) is 2.73. The quantitative estimate of drug-likeness (QED) is 0.303. The highest BCUT2D eigenvalue weighted by Gasteiger charge is 2.16. The Balaban J connectivity index is 1.60. The van der Waals surface area contributed by atoms with Gasteiger partial charge in [-0.05, 0) is 48.9 Å². The van der Waals surface area contributed by atoms with Crippen LogP contribution < -0.4 is 5.32 Å². The van der Waals surface area contributed by atoms with Crippen molar-refractivity contribution in [2.24, 2.45) is 0 Å². The Kier molecular flexibility index (Phi) is 7.79. The summed E-state index contributed by atoms with van der Waals surface area (Å²) in [5, 5.41) is 11.5. The fraction of sp³-hybridized carbons (Fsp3) is 0.120. The largest absolute Gasteiger partial charge is 0.452 e. The molecule has 0 fully saturated rings. The van der Waals surface area contributed by atoms with Crippen molar-refractivity contribution >= 4 is 35.1 Å². The summed E-state index contributed by atoms with van der Waals surface area (Å²) >= 11 is 1.46. The molecular formula is C25H20N2O4S. The van der Waals surface area contributed by atoms with Crippen LogP contribution in [0.4, 0.5) is 5.69 Å². The van der Waals surface area contributed by atoms with Crippen LogP contribution in [-0.4, -0.2) is 24.3 Å². The van der Waals surface area contributed by atoms with Crippen molar-refractivity contribution in [2.45, 2.75) is 17.6 Å². The molecule has 6 nitrogen and oxygen atoms in total. The Morgan fingerprint density at radius 2 is 1.59 bits per heavy atom. The molecule has 160 valence electrons. The number of rotatable bonds is 8. The molecule has 0 aromatic heterocycles. The van der Waals surface area contributed by atoms with Crippen molar-refractivity contribution in [3.63, 3.8) is 0 Å². The molecule has 1 N–H and O–H groups in total. The zero-order valence-electron chi connectivity index (χ0n) is 17.3. The van der Waals surface area contributed by atoms with Gasteiger partial charge in [-0.15, -0.1) is 11.8 Å². The summed E-state index contributed by atoms with van der Waals surface area (Å²) in [6.07, 6.45) is 0. The maximum atomic E-state index is 12.6. The van der Waals surface area contributed by atoms with Crippen LogP contribution in [0.1, 0.15) is 38.8 Å². The molecule has 3 aromatic carbocycles. The van der Waals surface area contributed by atoms with Gasteiger partial charge in [0, 0.05) is 16.2 Å². The minimum Gasteiger partial charge on any atom is -0.452 e. The second-order valence-electron chi connectivity index (χ2n) is 6.82. The van der Waals surface area contributed by atoms with Crippen LogP contribution in [0.3, 0.4) is 0 Å². The lowest BCUT2D eigenvalue weighted by Gasteiger charge is -2.11. The predicted molar refractivity (Wildman–Crippen MR) is 123 cm³/mol. The third-order valence-electron chi connectivity index (χ3n) is 4.50. The zero-order valence-corrected chi connectivity index (χ0v) is 18.1. The molecule has 0 aliphatic heterocycles. The molecule has 0 heterocycles. The van der Waals surface area contributed by atoms with E-state index in [1.807, 2.05) is 24.3 Å². The van der Waals surface area contributed by atoms with Crippen LogP contribution in [0, 0.1) is 11.3 Å². The molecule has 7 heteroatoms. The maximum absolute atomic E-state index is 12.6. The van der Waals surface area contributed by atoms with Crippen molar-refractivity contribution in [1.29, 1.82) is 5.26 Å². The molecular weight excluding hydrogens is 424 g/mol. The highest BCUT2D eigenvalue weighted by molar-refractivity contribution is 7.98. The van der Waals surface area contributed by atoms with Crippen LogP contribution in [0.15, 0.2) is 77.7 Å². The summed E-state index contributed by atoms with van der Waals surface area (Å²) < 4.78 is 5.20. The number of nitriles is 1. The van der Waals surface area contributed by atoms with E-state index in [9.17, 15) is 14.4 Å². The Bertz CT molecular complexity index is 1180. The fourth-order valence-electron chi connectivity index (χ4n) is 2.89. The number of para-hydroxylation sites is 1. The first-order valence-corrected chi connectivity index (χ1v) is 10.7. The number of hydrogen-bond donors (Lipinski definition) is 1. The Morgan fingerprint density at radius 3 is 2.28 bits per heavy atom. The van der Waals surface area contributed by atoms with Crippen LogP contribution in [-0.2, 0) is 15.3 Å². The zero-order chi connectivity index (χ0) is 22.9. The van der Waals surface area contributed by atoms with E-state index < -0.39 is 18.5 Å². The van der Waals surface area contributed by atoms with E-state index in [1.54, 1.807) is 48.5 Å². The Morgan fingerprint density at radius 1 is 0.938 bits per heavy atom. The number of Topliss-reactive ketones (excluding diaryl/α,β-unsaturated/α-hetero) is 1. The molecule has 0 atom stereocenters. The molecule has 3 rings (SSSR count). The van der Waals surface area contributed by atoms with Gasteiger partial charge in [0.1, 0.15) is 0 Å². The highest BCUT2D eigenvalue weighted by Crippen LogP contribution is 2.27. The van der Waals surface area contributed by atoms with Gasteiger partial charge in [0.05, 0.1) is 22.9 Å². The molecule has 0 radical (unpaired) electrons. The number of ether oxygens (including phenoxy) is 1. The fourth-order valence-corrected chi connectivity index (χ4v) is 3.89. The average Bonchev–Trinajstić information content (AvgIpc) is 2.82. The number of carbonyl (C=O) groups excluding carboxylic acids is 3. The Hall–Kier alpha value is -3.89. The summed E-state index contributed by atoms with van der Waals surface area (Å²) in [6, 6.07) is 23.0. The van der Waals surface area contributed by atoms with Gasteiger partial charge in [0.15, 0.2) is 12.4 Å². The van der Waals surface area contributed by atoms with E-state index in [4.69, 9.17) is 10.00 Å². The number of thioether (sulfide) groups is 1. The van der Waals surface area contributed by atoms with Crippen molar-refractivity contribution in [2.75, 3.05) is 11.9 Å². The van der Waals surface area contributed by atoms with E-state index in [1.165, 1.54) is 18.7 Å². The predicted octanol–water partition coefficient (Wildman–Crippen LogP) is 4.85. The number of carbonyl (C=O) groups is 3. The van der Waals surface area contributed by atoms with Crippen LogP contribution in [0.2, 0.25) is 0 Å². The van der Waals surface area contributed by atoms with E-state index in [0.29, 0.717) is 28.1 Å². The third kappa shape index (κ3) is 6.06. The summed E-state index contributed by atoms with van der Waals surface area (Å²) in [4.78, 5) is 37.2. The first-order valence-electron chi connectivity index (χ1n) is 9.75. The number of esters is 1. The van der Waals surface area contributed by atoms with Gasteiger partial charge in [-0.1, -0.05) is 36.4 Å². The molecule has 3 aromatic rings. The second kappa shape index (κ2) is 10.9. The van der Waals surface area contributed by atoms with E-state index >= 15 is 0 Å². The number of amides is 1. The Labute approximate surface area is 190 Å². The molecule has 0 spiro atoms. The number of anilines is 1. The average molecular weight is 445 g/mol. The summed E-state index contributed by atoms with van der Waals surface area (Å²) in [6.45, 7) is 0.942. The number of nitrogens with one attached hydrogen (secondary N) is 1. The molecule has 0 bridgehead atoms. The van der Waals surface area contributed by atoms with Crippen LogP contribution in [0.25, 0.3) is 0 Å². The molecule has 0 aliphatic carbocycles. The SMILES string of the molecule is CC(=O)c1ccccc1NC(=O)COC(=O)c1ccccc1SCc1ccc(C#N)cc1. The van der Waals surface area contributed by atoms with Crippen molar-refractivity contribution in [3.05, 3.63) is 95.1 Å². The maximum Gasteiger partial charge on any atom is 0.339 e. The standard InChI is InChI=1S/C25H20N2O4S/c1-17(28)20-6-2-4-8-22(20)27-24(29)15-31-25(30)21-7-3-5-9-23(21)32-16-19-12-10-18(14-26)11-13-19/h2-13H,15-16H2,1H3,(H,27,29). The van der Waals surface area contributed by atoms with E-state index in [-0.39, 0.29) is 5.78 Å². The number of hydrogen-bond acceptors (Lipinski definition) is 6. The summed E-state index contributed by atoms with van der Waals surface area (Å²) in [7, 11) is 0. The van der Waals surface area contributed by atoms with Crippen molar-refractivity contribution in [1.82, 2.24) is 0 Å². The first-order chi connectivity index (χ1) is 15.5. The molecule has 0 unspecified atom stereocenters. The number of nitrogens with zero attached hydrogens (tertiary/aromatic N) is 1. The van der Waals surface area contributed by atoms with Gasteiger partial charge >= 0.3 is 5.97 Å². The lowest BCUT2D eigenvalue weighted by Crippen LogP contribution is -2.22. The molecule has 1 amide bonds. The molecule has 0 aliphatic rings. The van der Waals surface area contributed by atoms with Gasteiger partial charge in [-0.2, -0.15) is 5.26 Å². The minimum absolute atomic E-state index is 0.175. The molecule has 0 saturated heterocycles. The lowest BCUT2D eigenvalue weighted by atomic mass is 10.1. The molecule has 0 saturated carbocycles. The topological polar surface area (TPSA) is 96.3 Å². The summed E-state index contributed by atoms with van der Waals surface area (Å²) in [5.74, 6) is -0.706. The van der Waals surface area contributed by atoms with Gasteiger partial charge in [0.25, 0.3) is 5.91 Å². The normalized spacial score (nSPS) is 10.1. The number of ketones is 1. The van der Waals surface area contributed by atoms with Gasteiger partial charge in [-0.25, -0.2) is 4.79 Å².